The van der Waals surface area contributed by atoms with Gasteiger partial charge in [0.05, 0.1) is 10.7 Å². The van der Waals surface area contributed by atoms with E-state index in [1.807, 2.05) is 0 Å². The molecule has 9 nitrogen and oxygen atoms in total. The van der Waals surface area contributed by atoms with Crippen molar-refractivity contribution in [3.8, 4) is 5.75 Å². The minimum atomic E-state index is -1.25. The zero-order valence-corrected chi connectivity index (χ0v) is 17.1. The molecule has 0 saturated carbocycles. The molecule has 10 heteroatoms. The Morgan fingerprint density at radius 2 is 1.94 bits per heavy atom. The largest absolute Gasteiger partial charge is 0.511 e. The number of carbonyl (C=O) groups is 3. The molecule has 2 aromatic rings. The number of carbonyl (C=O) groups excluding carboxylic acids is 2. The van der Waals surface area contributed by atoms with Gasteiger partial charge in [-0.25, -0.2) is 0 Å². The number of benzene rings is 1. The maximum atomic E-state index is 12.6. The topological polar surface area (TPSA) is 129 Å². The number of rotatable bonds is 8. The van der Waals surface area contributed by atoms with Crippen LogP contribution >= 0.6 is 11.6 Å². The number of carboxylic acids is 1. The smallest absolute Gasteiger partial charge is 0.322 e. The Labute approximate surface area is 182 Å². The zero-order valence-electron chi connectivity index (χ0n) is 16.4. The molecule has 0 unspecified atom stereocenters. The molecule has 1 aromatic heterocycles. The number of aliphatic hydroxyl groups excluding tert-OH is 1. The van der Waals surface area contributed by atoms with Crippen LogP contribution in [0.5, 0.6) is 5.75 Å². The van der Waals surface area contributed by atoms with Gasteiger partial charge in [-0.15, -0.1) is 0 Å². The Morgan fingerprint density at radius 1 is 1.19 bits per heavy atom. The van der Waals surface area contributed by atoms with Crippen LogP contribution in [0.25, 0.3) is 0 Å². The monoisotopic (exact) mass is 445 g/mol. The average molecular weight is 446 g/mol. The maximum Gasteiger partial charge on any atom is 0.322 e. The van der Waals surface area contributed by atoms with Gasteiger partial charge in [-0.05, 0) is 29.8 Å². The van der Waals surface area contributed by atoms with Gasteiger partial charge in [-0.2, -0.15) is 0 Å². The van der Waals surface area contributed by atoms with Gasteiger partial charge in [0.15, 0.2) is 0 Å². The Kier molecular flexibility index (Phi) is 7.09. The first kappa shape index (κ1) is 22.1. The Balaban J connectivity index is 1.59. The summed E-state index contributed by atoms with van der Waals surface area (Å²) in [6.45, 7) is 0.0949. The summed E-state index contributed by atoms with van der Waals surface area (Å²) >= 11 is 5.81. The molecular weight excluding hydrogens is 426 g/mol. The molecule has 0 bridgehead atoms. The van der Waals surface area contributed by atoms with Crippen LogP contribution in [0.4, 0.5) is 0 Å². The van der Waals surface area contributed by atoms with E-state index in [-0.39, 0.29) is 31.9 Å². The molecule has 0 saturated heterocycles. The number of nitrogens with zero attached hydrogens (tertiary/aromatic N) is 2. The number of amides is 2. The number of aromatic nitrogens is 1. The fourth-order valence-electron chi connectivity index (χ4n) is 2.93. The minimum Gasteiger partial charge on any atom is -0.511 e. The van der Waals surface area contributed by atoms with E-state index in [0.29, 0.717) is 10.8 Å². The van der Waals surface area contributed by atoms with Crippen molar-refractivity contribution in [2.24, 2.45) is 0 Å². The van der Waals surface area contributed by atoms with Gasteiger partial charge in [0.2, 0.25) is 0 Å². The first-order chi connectivity index (χ1) is 14.8. The molecule has 3 rings (SSSR count). The molecule has 2 heterocycles. The number of aliphatic carboxylic acids is 1. The van der Waals surface area contributed by atoms with Gasteiger partial charge in [0.25, 0.3) is 11.8 Å². The number of nitrogens with one attached hydrogen (secondary N) is 1. The van der Waals surface area contributed by atoms with Gasteiger partial charge in [-0.3, -0.25) is 19.4 Å². The zero-order chi connectivity index (χ0) is 22.4. The number of carboxylic acid groups (broad SMARTS) is 1. The fourth-order valence-corrected chi connectivity index (χ4v) is 3.04. The lowest BCUT2D eigenvalue weighted by molar-refractivity contribution is -0.138. The lowest BCUT2D eigenvalue weighted by Gasteiger charge is -2.28. The van der Waals surface area contributed by atoms with Crippen LogP contribution in [0.15, 0.2) is 53.9 Å². The maximum absolute atomic E-state index is 12.6. The van der Waals surface area contributed by atoms with E-state index in [1.165, 1.54) is 4.90 Å². The molecule has 0 fully saturated rings. The molecule has 1 aliphatic heterocycles. The van der Waals surface area contributed by atoms with E-state index in [0.717, 1.165) is 11.3 Å². The Bertz CT molecular complexity index is 1000. The molecule has 3 N–H and O–H groups in total. The molecular formula is C21H20ClN3O6. The van der Waals surface area contributed by atoms with Gasteiger partial charge in [0.1, 0.15) is 30.2 Å². The minimum absolute atomic E-state index is 0.108. The summed E-state index contributed by atoms with van der Waals surface area (Å²) in [6, 6.07) is 10.6. The van der Waals surface area contributed by atoms with Gasteiger partial charge in [-0.1, -0.05) is 23.7 Å². The molecule has 0 radical (unpaired) electrons. The van der Waals surface area contributed by atoms with Crippen molar-refractivity contribution in [2.45, 2.75) is 19.6 Å². The number of ether oxygens (including phenoxy) is 1. The molecule has 2 amide bonds. The summed E-state index contributed by atoms with van der Waals surface area (Å²) in [5.41, 5.74) is 1.10. The van der Waals surface area contributed by atoms with E-state index in [1.54, 1.807) is 42.6 Å². The SMILES string of the molecule is O=C(O)CNC(=O)C1=C(O)CCN(Cc2ccc(OCc3ccc(Cl)cn3)cc2)C1=O. The molecule has 1 aliphatic rings. The highest BCUT2D eigenvalue weighted by Crippen LogP contribution is 2.21. The molecule has 162 valence electrons. The predicted molar refractivity (Wildman–Crippen MR) is 110 cm³/mol. The highest BCUT2D eigenvalue weighted by Gasteiger charge is 2.32. The van der Waals surface area contributed by atoms with Crippen LogP contribution in [-0.4, -0.2) is 51.0 Å². The molecule has 31 heavy (non-hydrogen) atoms. The van der Waals surface area contributed by atoms with Crippen molar-refractivity contribution in [2.75, 3.05) is 13.1 Å². The van der Waals surface area contributed by atoms with Crippen LogP contribution < -0.4 is 10.1 Å². The summed E-state index contributed by atoms with van der Waals surface area (Å²) in [4.78, 5) is 40.9. The number of hydrogen-bond donors (Lipinski definition) is 3. The van der Waals surface area contributed by atoms with Crippen LogP contribution in [0.3, 0.4) is 0 Å². The van der Waals surface area contributed by atoms with Crippen LogP contribution in [-0.2, 0) is 27.5 Å². The third-order valence-electron chi connectivity index (χ3n) is 4.51. The molecule has 0 atom stereocenters. The summed E-state index contributed by atoms with van der Waals surface area (Å²) in [6.07, 6.45) is 1.65. The normalized spacial score (nSPS) is 13.8. The number of aliphatic hydroxyl groups is 1. The second-order valence-electron chi connectivity index (χ2n) is 6.78. The van der Waals surface area contributed by atoms with E-state index in [4.69, 9.17) is 21.4 Å². The number of pyridine rings is 1. The van der Waals surface area contributed by atoms with Crippen molar-refractivity contribution < 1.29 is 29.3 Å². The number of hydrogen-bond acceptors (Lipinski definition) is 6. The van der Waals surface area contributed by atoms with Crippen molar-refractivity contribution in [1.29, 1.82) is 0 Å². The van der Waals surface area contributed by atoms with Crippen LogP contribution in [0.2, 0.25) is 5.02 Å². The van der Waals surface area contributed by atoms with E-state index in [2.05, 4.69) is 10.3 Å². The van der Waals surface area contributed by atoms with E-state index >= 15 is 0 Å². The highest BCUT2D eigenvalue weighted by molar-refractivity contribution is 6.30. The van der Waals surface area contributed by atoms with Crippen LogP contribution in [0, 0.1) is 0 Å². The first-order valence-electron chi connectivity index (χ1n) is 9.37. The van der Waals surface area contributed by atoms with Crippen molar-refractivity contribution >= 4 is 29.4 Å². The highest BCUT2D eigenvalue weighted by atomic mass is 35.5. The average Bonchev–Trinajstić information content (AvgIpc) is 2.75. The summed E-state index contributed by atoms with van der Waals surface area (Å²) < 4.78 is 5.68. The second kappa shape index (κ2) is 9.94. The van der Waals surface area contributed by atoms with Crippen molar-refractivity contribution in [1.82, 2.24) is 15.2 Å². The standard InChI is InChI=1S/C21H20ClN3O6/c22-14-3-4-15(23-9-14)12-31-16-5-1-13(2-6-16)11-25-8-7-17(26)19(21(25)30)20(29)24-10-18(27)28/h1-6,9,26H,7-8,10-12H2,(H,24,29)(H,27,28). The third-order valence-corrected chi connectivity index (χ3v) is 4.73. The third kappa shape index (κ3) is 5.95. The van der Waals surface area contributed by atoms with Crippen LogP contribution in [0.1, 0.15) is 17.7 Å². The molecule has 0 aliphatic carbocycles. The predicted octanol–water partition coefficient (Wildman–Crippen LogP) is 2.06. The van der Waals surface area contributed by atoms with Gasteiger partial charge in [0, 0.05) is 25.7 Å². The number of halogens is 1. The lowest BCUT2D eigenvalue weighted by atomic mass is 10.0. The summed E-state index contributed by atoms with van der Waals surface area (Å²) in [5, 5.41) is 21.3. The molecule has 1 aromatic carbocycles. The van der Waals surface area contributed by atoms with E-state index in [9.17, 15) is 19.5 Å². The van der Waals surface area contributed by atoms with Gasteiger partial charge >= 0.3 is 5.97 Å². The fraction of sp³-hybridized carbons (Fsp3) is 0.238. The summed E-state index contributed by atoms with van der Waals surface area (Å²) in [5.74, 6) is -2.53. The van der Waals surface area contributed by atoms with Gasteiger partial charge < -0.3 is 25.2 Å². The molecule has 0 spiro atoms. The first-order valence-corrected chi connectivity index (χ1v) is 9.75. The quantitative estimate of drug-likeness (QED) is 0.530. The Morgan fingerprint density at radius 3 is 2.58 bits per heavy atom. The van der Waals surface area contributed by atoms with E-state index < -0.39 is 29.9 Å². The van der Waals surface area contributed by atoms with Crippen molar-refractivity contribution in [3.63, 3.8) is 0 Å². The second-order valence-corrected chi connectivity index (χ2v) is 7.21. The lowest BCUT2D eigenvalue weighted by Crippen LogP contribution is -2.43. The van der Waals surface area contributed by atoms with Crippen molar-refractivity contribution in [3.05, 3.63) is 70.2 Å². The summed E-state index contributed by atoms with van der Waals surface area (Å²) in [7, 11) is 0. The Hall–Kier alpha value is -3.59.